The third-order valence-electron chi connectivity index (χ3n) is 4.07. The van der Waals surface area contributed by atoms with Crippen LogP contribution in [0.4, 0.5) is 0 Å². The van der Waals surface area contributed by atoms with Gasteiger partial charge >= 0.3 is 0 Å². The number of ketones is 1. The molecule has 1 atom stereocenters. The third-order valence-corrected chi connectivity index (χ3v) is 4.07. The quantitative estimate of drug-likeness (QED) is 0.893. The Hall–Kier alpha value is -1.09. The first-order chi connectivity index (χ1) is 8.34. The molecular formula is C14H19ClN2O. The van der Waals surface area contributed by atoms with Crippen molar-refractivity contribution < 1.29 is 4.79 Å². The number of nitrogens with zero attached hydrogens (tertiary/aromatic N) is 1. The van der Waals surface area contributed by atoms with Crippen molar-refractivity contribution in [3.63, 3.8) is 0 Å². The zero-order valence-electron chi connectivity index (χ0n) is 10.4. The fourth-order valence-corrected chi connectivity index (χ4v) is 3.12. The number of carbonyl (C=O) groups is 1. The first-order valence-corrected chi connectivity index (χ1v) is 6.57. The topological polar surface area (TPSA) is 45.8 Å². The third kappa shape index (κ3) is 2.51. The molecule has 0 saturated carbocycles. The van der Waals surface area contributed by atoms with Crippen LogP contribution in [0, 0.1) is 5.92 Å². The maximum atomic E-state index is 12.4. The first kappa shape index (κ1) is 13.3. The van der Waals surface area contributed by atoms with E-state index in [4.69, 9.17) is 0 Å². The van der Waals surface area contributed by atoms with Gasteiger partial charge in [-0.25, -0.2) is 4.98 Å². The molecule has 0 saturated heterocycles. The van der Waals surface area contributed by atoms with E-state index in [1.54, 1.807) is 6.33 Å². The Morgan fingerprint density at radius 1 is 1.28 bits per heavy atom. The molecule has 3 nitrogen and oxygen atoms in total. The SMILES string of the molecule is Cl.O=C1C2=C(CCCC2)CCC1Cc1cnc[nH]1. The van der Waals surface area contributed by atoms with E-state index < -0.39 is 0 Å². The van der Waals surface area contributed by atoms with E-state index in [2.05, 4.69) is 9.97 Å². The largest absolute Gasteiger partial charge is 0.348 e. The number of aromatic nitrogens is 2. The van der Waals surface area contributed by atoms with E-state index in [0.29, 0.717) is 5.78 Å². The van der Waals surface area contributed by atoms with Crippen LogP contribution >= 0.6 is 12.4 Å². The molecule has 4 heteroatoms. The smallest absolute Gasteiger partial charge is 0.162 e. The molecular weight excluding hydrogens is 248 g/mol. The Morgan fingerprint density at radius 3 is 2.89 bits per heavy atom. The predicted molar refractivity (Wildman–Crippen MR) is 72.8 cm³/mol. The highest BCUT2D eigenvalue weighted by Crippen LogP contribution is 2.36. The van der Waals surface area contributed by atoms with Crippen LogP contribution in [0.25, 0.3) is 0 Å². The average Bonchev–Trinajstić information content (AvgIpc) is 2.86. The van der Waals surface area contributed by atoms with Crippen LogP contribution in [-0.4, -0.2) is 15.8 Å². The first-order valence-electron chi connectivity index (χ1n) is 6.57. The van der Waals surface area contributed by atoms with Gasteiger partial charge in [-0.1, -0.05) is 5.57 Å². The normalized spacial score (nSPS) is 23.6. The van der Waals surface area contributed by atoms with E-state index in [0.717, 1.165) is 37.8 Å². The standard InChI is InChI=1S/C14H18N2O.ClH/c17-14-11(7-12-8-15-9-16-12)6-5-10-3-1-2-4-13(10)14;/h8-9,11H,1-7H2,(H,15,16);1H. The lowest BCUT2D eigenvalue weighted by Gasteiger charge is -2.28. The fourth-order valence-electron chi connectivity index (χ4n) is 3.12. The Kier molecular flexibility index (Phi) is 4.23. The summed E-state index contributed by atoms with van der Waals surface area (Å²) in [5.74, 6) is 0.604. The van der Waals surface area contributed by atoms with Gasteiger partial charge in [0.1, 0.15) is 0 Å². The van der Waals surface area contributed by atoms with Crippen molar-refractivity contribution >= 4 is 18.2 Å². The van der Waals surface area contributed by atoms with Gasteiger partial charge in [0.2, 0.25) is 0 Å². The second-order valence-corrected chi connectivity index (χ2v) is 5.17. The average molecular weight is 267 g/mol. The highest BCUT2D eigenvalue weighted by atomic mass is 35.5. The number of hydrogen-bond donors (Lipinski definition) is 1. The minimum atomic E-state index is 0. The number of nitrogens with one attached hydrogen (secondary N) is 1. The van der Waals surface area contributed by atoms with Crippen molar-refractivity contribution in [3.05, 3.63) is 29.4 Å². The van der Waals surface area contributed by atoms with Gasteiger partial charge in [0.25, 0.3) is 0 Å². The molecule has 1 unspecified atom stereocenters. The summed E-state index contributed by atoms with van der Waals surface area (Å²) >= 11 is 0. The summed E-state index contributed by atoms with van der Waals surface area (Å²) in [6, 6.07) is 0. The number of rotatable bonds is 2. The molecule has 0 radical (unpaired) electrons. The zero-order valence-corrected chi connectivity index (χ0v) is 11.3. The predicted octanol–water partition coefficient (Wildman–Crippen LogP) is 3.22. The van der Waals surface area contributed by atoms with Crippen molar-refractivity contribution in [3.8, 4) is 0 Å². The van der Waals surface area contributed by atoms with Crippen LogP contribution in [-0.2, 0) is 11.2 Å². The lowest BCUT2D eigenvalue weighted by atomic mass is 9.75. The zero-order chi connectivity index (χ0) is 11.7. The van der Waals surface area contributed by atoms with Gasteiger partial charge in [0, 0.05) is 17.8 Å². The monoisotopic (exact) mass is 266 g/mol. The Balaban J connectivity index is 0.00000120. The van der Waals surface area contributed by atoms with Gasteiger partial charge in [-0.05, 0) is 50.5 Å². The van der Waals surface area contributed by atoms with Crippen LogP contribution in [0.2, 0.25) is 0 Å². The van der Waals surface area contributed by atoms with E-state index in [1.165, 1.54) is 24.0 Å². The summed E-state index contributed by atoms with van der Waals surface area (Å²) in [6.07, 6.45) is 11.2. The second-order valence-electron chi connectivity index (χ2n) is 5.17. The number of allylic oxidation sites excluding steroid dienone is 2. The van der Waals surface area contributed by atoms with E-state index >= 15 is 0 Å². The maximum Gasteiger partial charge on any atom is 0.162 e. The Morgan fingerprint density at radius 2 is 2.11 bits per heavy atom. The minimum Gasteiger partial charge on any atom is -0.348 e. The minimum absolute atomic E-state index is 0. The highest BCUT2D eigenvalue weighted by molar-refractivity contribution is 5.99. The number of Topliss-reactive ketones (excluding diaryl/α,β-unsaturated/α-hetero) is 1. The molecule has 1 aromatic heterocycles. The van der Waals surface area contributed by atoms with Gasteiger partial charge < -0.3 is 4.98 Å². The summed E-state index contributed by atoms with van der Waals surface area (Å²) in [5, 5.41) is 0. The Labute approximate surface area is 113 Å². The molecule has 0 fully saturated rings. The summed E-state index contributed by atoms with van der Waals surface area (Å²) in [7, 11) is 0. The molecule has 0 bridgehead atoms. The molecule has 98 valence electrons. The lowest BCUT2D eigenvalue weighted by Crippen LogP contribution is -2.26. The van der Waals surface area contributed by atoms with E-state index in [-0.39, 0.29) is 18.3 Å². The molecule has 0 aliphatic heterocycles. The molecule has 0 spiro atoms. The molecule has 1 N–H and O–H groups in total. The number of hydrogen-bond acceptors (Lipinski definition) is 2. The number of imidazole rings is 1. The number of H-pyrrole nitrogens is 1. The molecule has 2 aliphatic rings. The molecule has 0 aromatic carbocycles. The van der Waals surface area contributed by atoms with Gasteiger partial charge in [0.15, 0.2) is 5.78 Å². The lowest BCUT2D eigenvalue weighted by molar-refractivity contribution is -0.120. The van der Waals surface area contributed by atoms with Crippen molar-refractivity contribution in [2.75, 3.05) is 0 Å². The van der Waals surface area contributed by atoms with Gasteiger partial charge in [-0.3, -0.25) is 4.79 Å². The molecule has 0 amide bonds. The van der Waals surface area contributed by atoms with Gasteiger partial charge in [-0.15, -0.1) is 12.4 Å². The molecule has 3 rings (SSSR count). The second kappa shape index (κ2) is 5.70. The summed E-state index contributed by atoms with van der Waals surface area (Å²) in [4.78, 5) is 19.5. The van der Waals surface area contributed by atoms with Crippen molar-refractivity contribution in [1.29, 1.82) is 0 Å². The molecule has 18 heavy (non-hydrogen) atoms. The van der Waals surface area contributed by atoms with Crippen LogP contribution < -0.4 is 0 Å². The Bertz CT molecular complexity index is 450. The van der Waals surface area contributed by atoms with Crippen molar-refractivity contribution in [1.82, 2.24) is 9.97 Å². The molecule has 2 aliphatic carbocycles. The van der Waals surface area contributed by atoms with Crippen molar-refractivity contribution in [2.45, 2.75) is 44.9 Å². The maximum absolute atomic E-state index is 12.4. The van der Waals surface area contributed by atoms with Crippen molar-refractivity contribution in [2.24, 2.45) is 5.92 Å². The van der Waals surface area contributed by atoms with Crippen LogP contribution in [0.1, 0.15) is 44.2 Å². The molecule has 1 heterocycles. The van der Waals surface area contributed by atoms with Crippen LogP contribution in [0.5, 0.6) is 0 Å². The fraction of sp³-hybridized carbons (Fsp3) is 0.571. The van der Waals surface area contributed by atoms with E-state index in [1.807, 2.05) is 6.20 Å². The summed E-state index contributed by atoms with van der Waals surface area (Å²) in [5.41, 5.74) is 3.72. The van der Waals surface area contributed by atoms with Crippen LogP contribution in [0.15, 0.2) is 23.7 Å². The van der Waals surface area contributed by atoms with Gasteiger partial charge in [-0.2, -0.15) is 0 Å². The van der Waals surface area contributed by atoms with E-state index in [9.17, 15) is 4.79 Å². The number of aromatic amines is 1. The highest BCUT2D eigenvalue weighted by Gasteiger charge is 2.30. The number of carbonyl (C=O) groups excluding carboxylic acids is 1. The summed E-state index contributed by atoms with van der Waals surface area (Å²) < 4.78 is 0. The molecule has 1 aromatic rings. The van der Waals surface area contributed by atoms with Gasteiger partial charge in [0.05, 0.1) is 6.33 Å². The summed E-state index contributed by atoms with van der Waals surface area (Å²) in [6.45, 7) is 0. The number of halogens is 1. The van der Waals surface area contributed by atoms with Crippen LogP contribution in [0.3, 0.4) is 0 Å².